The molecule has 12 heteroatoms. The van der Waals surface area contributed by atoms with Crippen molar-refractivity contribution in [3.8, 4) is 0 Å². The first-order valence-corrected chi connectivity index (χ1v) is 13.1. The number of halogens is 5. The number of alkyl halides is 4. The number of aliphatic hydroxyl groups is 1. The van der Waals surface area contributed by atoms with E-state index in [0.29, 0.717) is 31.2 Å². The molecular weight excluding hydrogens is 521 g/mol. The van der Waals surface area contributed by atoms with Gasteiger partial charge in [0.05, 0.1) is 23.3 Å². The molecular formula is C27H30F5N5O2. The van der Waals surface area contributed by atoms with Crippen molar-refractivity contribution in [1.82, 2.24) is 24.8 Å². The van der Waals surface area contributed by atoms with Gasteiger partial charge in [0.15, 0.2) is 5.65 Å². The molecule has 5 rings (SSSR count). The highest BCUT2D eigenvalue weighted by atomic mass is 19.4. The predicted octanol–water partition coefficient (Wildman–Crippen LogP) is 4.81. The third-order valence-corrected chi connectivity index (χ3v) is 8.00. The average molecular weight is 552 g/mol. The van der Waals surface area contributed by atoms with Crippen molar-refractivity contribution in [2.45, 2.75) is 75.5 Å². The normalized spacial score (nSPS) is 25.5. The van der Waals surface area contributed by atoms with Crippen LogP contribution >= 0.6 is 0 Å². The van der Waals surface area contributed by atoms with Crippen molar-refractivity contribution >= 4 is 11.6 Å². The number of likely N-dealkylation sites (tertiary alicyclic amines) is 1. The minimum Gasteiger partial charge on any atom is -0.389 e. The Kier molecular flexibility index (Phi) is 7.60. The quantitative estimate of drug-likeness (QED) is 0.445. The highest BCUT2D eigenvalue weighted by Crippen LogP contribution is 2.38. The molecule has 2 N–H and O–H groups in total. The van der Waals surface area contributed by atoms with Gasteiger partial charge in [-0.2, -0.15) is 18.3 Å². The number of benzene rings is 1. The van der Waals surface area contributed by atoms with E-state index in [1.165, 1.54) is 30.0 Å². The Bertz CT molecular complexity index is 1340. The molecule has 3 heterocycles. The zero-order valence-electron chi connectivity index (χ0n) is 21.3. The Labute approximate surface area is 222 Å². The van der Waals surface area contributed by atoms with Crippen molar-refractivity contribution in [1.29, 1.82) is 0 Å². The van der Waals surface area contributed by atoms with Gasteiger partial charge >= 0.3 is 6.18 Å². The molecule has 1 aliphatic carbocycles. The van der Waals surface area contributed by atoms with Gasteiger partial charge in [-0.1, -0.05) is 12.1 Å². The van der Waals surface area contributed by atoms with Crippen molar-refractivity contribution in [2.24, 2.45) is 0 Å². The van der Waals surface area contributed by atoms with Gasteiger partial charge in [0.2, 0.25) is 0 Å². The lowest BCUT2D eigenvalue weighted by atomic mass is 9.80. The average Bonchev–Trinajstić information content (AvgIpc) is 3.38. The molecule has 39 heavy (non-hydrogen) atoms. The summed E-state index contributed by atoms with van der Waals surface area (Å²) in [5, 5.41) is 16.7. The van der Waals surface area contributed by atoms with Gasteiger partial charge in [-0.15, -0.1) is 0 Å². The molecule has 2 aliphatic rings. The van der Waals surface area contributed by atoms with E-state index >= 15 is 0 Å². The van der Waals surface area contributed by atoms with Crippen LogP contribution in [-0.2, 0) is 6.18 Å². The van der Waals surface area contributed by atoms with Gasteiger partial charge in [-0.3, -0.25) is 9.69 Å². The van der Waals surface area contributed by atoms with Crippen LogP contribution in [-0.4, -0.2) is 61.9 Å². The van der Waals surface area contributed by atoms with Gasteiger partial charge < -0.3 is 10.4 Å². The number of carbonyl (C=O) groups is 1. The van der Waals surface area contributed by atoms with Gasteiger partial charge in [-0.25, -0.2) is 18.3 Å². The molecule has 1 aromatic carbocycles. The molecule has 1 unspecified atom stereocenters. The molecule has 1 saturated heterocycles. The summed E-state index contributed by atoms with van der Waals surface area (Å²) in [6.07, 6.45) is -0.505. The summed E-state index contributed by atoms with van der Waals surface area (Å²) in [5.74, 6) is -1.90. The number of hydrogen-bond donors (Lipinski definition) is 2. The van der Waals surface area contributed by atoms with Crippen LogP contribution in [0.15, 0.2) is 36.8 Å². The Morgan fingerprint density at radius 2 is 1.92 bits per heavy atom. The number of aliphatic hydroxyl groups excluding tert-OH is 1. The molecule has 3 atom stereocenters. The lowest BCUT2D eigenvalue weighted by molar-refractivity contribution is -0.140. The highest BCUT2D eigenvalue weighted by molar-refractivity contribution is 5.94. The van der Waals surface area contributed by atoms with Crippen molar-refractivity contribution in [2.75, 3.05) is 13.1 Å². The molecule has 7 nitrogen and oxygen atoms in total. The summed E-state index contributed by atoms with van der Waals surface area (Å²) in [7, 11) is 0. The van der Waals surface area contributed by atoms with E-state index in [-0.39, 0.29) is 23.1 Å². The number of hydrogen-bond acceptors (Lipinski definition) is 5. The lowest BCUT2D eigenvalue weighted by Crippen LogP contribution is -2.50. The zero-order valence-corrected chi connectivity index (χ0v) is 21.3. The van der Waals surface area contributed by atoms with Crippen molar-refractivity contribution < 1.29 is 31.9 Å². The van der Waals surface area contributed by atoms with E-state index in [4.69, 9.17) is 0 Å². The summed E-state index contributed by atoms with van der Waals surface area (Å²) < 4.78 is 69.3. The minimum atomic E-state index is -4.85. The summed E-state index contributed by atoms with van der Waals surface area (Å²) in [5.41, 5.74) is 0.0317. The molecule has 1 amide bonds. The van der Waals surface area contributed by atoms with E-state index in [1.807, 2.05) is 0 Å². The number of carbonyl (C=O) groups excluding carboxylic acids is 1. The Balaban J connectivity index is 1.32. The summed E-state index contributed by atoms with van der Waals surface area (Å²) in [6.45, 7) is 2.36. The third kappa shape index (κ3) is 5.62. The van der Waals surface area contributed by atoms with E-state index in [9.17, 15) is 31.9 Å². The van der Waals surface area contributed by atoms with Crippen LogP contribution in [0.5, 0.6) is 0 Å². The molecule has 0 radical (unpaired) electrons. The first-order valence-electron chi connectivity index (χ1n) is 13.1. The highest BCUT2D eigenvalue weighted by Gasteiger charge is 2.36. The maximum atomic E-state index is 14.6. The van der Waals surface area contributed by atoms with E-state index in [0.717, 1.165) is 37.3 Å². The van der Waals surface area contributed by atoms with Crippen LogP contribution in [0.3, 0.4) is 0 Å². The van der Waals surface area contributed by atoms with Gasteiger partial charge in [0.25, 0.3) is 5.91 Å². The summed E-state index contributed by atoms with van der Waals surface area (Å²) in [4.78, 5) is 19.7. The lowest BCUT2D eigenvalue weighted by Gasteiger charge is -2.41. The van der Waals surface area contributed by atoms with Crippen LogP contribution in [0.1, 0.15) is 78.0 Å². The first kappa shape index (κ1) is 27.4. The number of fused-ring (bicyclic) bond motifs is 1. The molecule has 1 aliphatic heterocycles. The van der Waals surface area contributed by atoms with E-state index in [1.54, 1.807) is 6.07 Å². The van der Waals surface area contributed by atoms with Crippen LogP contribution in [0.25, 0.3) is 5.65 Å². The van der Waals surface area contributed by atoms with E-state index < -0.39 is 41.8 Å². The van der Waals surface area contributed by atoms with Gasteiger partial charge in [0, 0.05) is 36.5 Å². The number of amides is 1. The van der Waals surface area contributed by atoms with E-state index in [2.05, 4.69) is 20.3 Å². The Morgan fingerprint density at radius 1 is 1.18 bits per heavy atom. The molecule has 0 spiro atoms. The fourth-order valence-corrected chi connectivity index (χ4v) is 5.85. The second-order valence-electron chi connectivity index (χ2n) is 10.5. The number of aromatic nitrogens is 3. The number of nitrogens with zero attached hydrogens (tertiary/aromatic N) is 4. The molecule has 210 valence electrons. The van der Waals surface area contributed by atoms with Crippen LogP contribution in [0.2, 0.25) is 0 Å². The molecule has 0 bridgehead atoms. The smallest absolute Gasteiger partial charge is 0.389 e. The Hall–Kier alpha value is -3.12. The number of pyridine rings is 1. The second-order valence-corrected chi connectivity index (χ2v) is 10.5. The predicted molar refractivity (Wildman–Crippen MR) is 132 cm³/mol. The van der Waals surface area contributed by atoms with Crippen LogP contribution in [0.4, 0.5) is 22.0 Å². The first-order chi connectivity index (χ1) is 18.5. The summed E-state index contributed by atoms with van der Waals surface area (Å²) in [6, 6.07) is 3.94. The topological polar surface area (TPSA) is 82.8 Å². The number of piperidine rings is 1. The molecule has 2 fully saturated rings. The maximum Gasteiger partial charge on any atom is 0.419 e. The second kappa shape index (κ2) is 10.8. The Morgan fingerprint density at radius 3 is 2.62 bits per heavy atom. The fraction of sp³-hybridized carbons (Fsp3) is 0.519. The molecule has 2 aromatic heterocycles. The fourth-order valence-electron chi connectivity index (χ4n) is 5.85. The van der Waals surface area contributed by atoms with Crippen molar-refractivity contribution in [3.05, 3.63) is 64.9 Å². The van der Waals surface area contributed by atoms with Gasteiger partial charge in [0.1, 0.15) is 18.3 Å². The SMILES string of the molecule is C[C@@H](NC(=O)c1cc(C2CCC(N3CCC(F)[C@@H](O)C3)CC2)c2ncnn2c1)c1cccc(C(F)(F)F)c1F. The largest absolute Gasteiger partial charge is 0.419 e. The monoisotopic (exact) mass is 551 g/mol. The third-order valence-electron chi connectivity index (χ3n) is 8.00. The number of nitrogens with one attached hydrogen (secondary N) is 1. The molecule has 1 saturated carbocycles. The number of rotatable bonds is 5. The summed E-state index contributed by atoms with van der Waals surface area (Å²) >= 11 is 0. The standard InChI is InChI=1S/C27H30F5N5O2/c1-15(19-3-2-4-21(24(19)29)27(30,31)32)35-26(39)17-11-20(25-33-14-34-37(25)12-17)16-5-7-18(8-6-16)36-10-9-22(28)23(38)13-36/h2-4,11-12,14-16,18,22-23,38H,5-10,13H2,1H3,(H,35,39)/t15-,16?,18?,22?,23+/m1/s1. The van der Waals surface area contributed by atoms with Crippen LogP contribution in [0, 0.1) is 5.82 Å². The van der Waals surface area contributed by atoms with Crippen molar-refractivity contribution in [3.63, 3.8) is 0 Å². The molecule has 3 aromatic rings. The maximum absolute atomic E-state index is 14.6. The van der Waals surface area contributed by atoms with Crippen LogP contribution < -0.4 is 5.32 Å². The number of β-amino-alcohol motifs (C(OH)–C–C–N with tert-alkyl or cyclic N) is 1. The van der Waals surface area contributed by atoms with Gasteiger partial charge in [-0.05, 0) is 57.1 Å². The minimum absolute atomic E-state index is 0.0858. The zero-order chi connectivity index (χ0) is 27.9.